The van der Waals surface area contributed by atoms with Gasteiger partial charge in [0.15, 0.2) is 0 Å². The fourth-order valence-corrected chi connectivity index (χ4v) is 2.84. The maximum atomic E-state index is 5.38. The molecule has 0 aliphatic rings. The lowest BCUT2D eigenvalue weighted by molar-refractivity contribution is 0.358. The molecule has 0 bridgehead atoms. The van der Waals surface area contributed by atoms with Gasteiger partial charge in [0, 0.05) is 5.54 Å². The third-order valence-electron chi connectivity index (χ3n) is 5.65. The van der Waals surface area contributed by atoms with E-state index in [4.69, 9.17) is 34.4 Å². The van der Waals surface area contributed by atoms with E-state index in [9.17, 15) is 0 Å². The molecule has 0 aromatic carbocycles. The van der Waals surface area contributed by atoms with Crippen LogP contribution in [-0.4, -0.2) is 38.3 Å². The molecular weight excluding hydrogens is 552 g/mol. The van der Waals surface area contributed by atoms with Gasteiger partial charge in [0.25, 0.3) is 0 Å². The Bertz CT molecular complexity index is 541. The number of unbranched alkanes of at least 4 members (excludes halogenated alkanes) is 3. The van der Waals surface area contributed by atoms with Crippen molar-refractivity contribution >= 4 is 0 Å². The van der Waals surface area contributed by atoms with Gasteiger partial charge in [-0.2, -0.15) is 0 Å². The van der Waals surface area contributed by atoms with E-state index < -0.39 is 0 Å². The van der Waals surface area contributed by atoms with E-state index in [-0.39, 0.29) is 5.54 Å². The van der Waals surface area contributed by atoms with Crippen molar-refractivity contribution in [2.45, 2.75) is 194 Å². The summed E-state index contributed by atoms with van der Waals surface area (Å²) in [7, 11) is 0. The molecule has 0 rings (SSSR count). The van der Waals surface area contributed by atoms with Crippen LogP contribution < -0.4 is 34.4 Å². The first-order valence-electron chi connectivity index (χ1n) is 18.1. The van der Waals surface area contributed by atoms with Gasteiger partial charge in [-0.05, 0) is 126 Å². The Balaban J connectivity index is -0.000000103. The molecule has 0 aliphatic carbocycles. The first-order valence-corrected chi connectivity index (χ1v) is 18.1. The lowest BCUT2D eigenvalue weighted by atomic mass is 9.89. The molecule has 0 saturated carbocycles. The maximum Gasteiger partial charge on any atom is 0.00686 e. The van der Waals surface area contributed by atoms with Gasteiger partial charge in [-0.3, -0.25) is 0 Å². The van der Waals surface area contributed by atoms with Gasteiger partial charge >= 0.3 is 0 Å². The number of hydrogen-bond donors (Lipinski definition) is 6. The Morgan fingerprint density at radius 3 is 0.667 bits per heavy atom. The first-order chi connectivity index (χ1) is 19.8. The van der Waals surface area contributed by atoms with Gasteiger partial charge in [-0.25, -0.2) is 0 Å². The van der Waals surface area contributed by atoms with Crippen molar-refractivity contribution in [3.8, 4) is 0 Å². The molecular formula is C39H96N6. The largest absolute Gasteiger partial charge is 0.330 e. The molecule has 0 aliphatic heterocycles. The lowest BCUT2D eigenvalue weighted by Gasteiger charge is -2.17. The molecule has 0 spiro atoms. The zero-order chi connectivity index (χ0) is 37.6. The van der Waals surface area contributed by atoms with Gasteiger partial charge in [-0.1, -0.05) is 123 Å². The summed E-state index contributed by atoms with van der Waals surface area (Å²) in [4.78, 5) is 0. The van der Waals surface area contributed by atoms with Crippen molar-refractivity contribution in [1.29, 1.82) is 0 Å². The second-order valence-electron chi connectivity index (χ2n) is 19.6. The van der Waals surface area contributed by atoms with Crippen molar-refractivity contribution in [1.82, 2.24) is 0 Å². The summed E-state index contributed by atoms with van der Waals surface area (Å²) >= 11 is 0. The highest BCUT2D eigenvalue weighted by Crippen LogP contribution is 2.22. The average molecular weight is 649 g/mol. The normalized spacial score (nSPS) is 12.0. The lowest BCUT2D eigenvalue weighted by Crippen LogP contribution is -2.26. The van der Waals surface area contributed by atoms with Crippen LogP contribution in [0.15, 0.2) is 0 Å². The predicted octanol–water partition coefficient (Wildman–Crippen LogP) is 9.60. The van der Waals surface area contributed by atoms with Crippen LogP contribution in [0, 0.1) is 27.1 Å². The second kappa shape index (κ2) is 31.1. The van der Waals surface area contributed by atoms with Crippen LogP contribution in [0.3, 0.4) is 0 Å². The quantitative estimate of drug-likeness (QED) is 0.130. The van der Waals surface area contributed by atoms with Crippen LogP contribution in [0.4, 0.5) is 0 Å². The summed E-state index contributed by atoms with van der Waals surface area (Å²) in [6, 6.07) is 0. The number of rotatable bonds is 10. The minimum Gasteiger partial charge on any atom is -0.330 e. The minimum atomic E-state index is 0. The molecule has 0 amide bonds. The highest BCUT2D eigenvalue weighted by molar-refractivity contribution is 4.63. The zero-order valence-corrected chi connectivity index (χ0v) is 35.1. The molecule has 0 radical (unpaired) electrons. The molecule has 0 heterocycles. The van der Waals surface area contributed by atoms with E-state index in [2.05, 4.69) is 104 Å². The van der Waals surface area contributed by atoms with E-state index in [1.807, 2.05) is 20.8 Å². The number of nitrogens with two attached hydrogens (primary N) is 6. The molecule has 6 heteroatoms. The summed E-state index contributed by atoms with van der Waals surface area (Å²) in [5, 5.41) is 0. The van der Waals surface area contributed by atoms with Crippen molar-refractivity contribution in [3.05, 3.63) is 0 Å². The zero-order valence-electron chi connectivity index (χ0n) is 35.1. The summed E-state index contributed by atoms with van der Waals surface area (Å²) in [5.74, 6) is 0. The van der Waals surface area contributed by atoms with Crippen LogP contribution >= 0.6 is 0 Å². The number of hydrogen-bond acceptors (Lipinski definition) is 6. The first kappa shape index (κ1) is 57.1. The Kier molecular flexibility index (Phi) is 39.4. The van der Waals surface area contributed by atoms with E-state index in [1.54, 1.807) is 0 Å². The molecule has 0 saturated heterocycles. The van der Waals surface area contributed by atoms with Crippen LogP contribution in [-0.2, 0) is 0 Å². The van der Waals surface area contributed by atoms with E-state index in [0.29, 0.717) is 27.1 Å². The van der Waals surface area contributed by atoms with Gasteiger partial charge in [0.05, 0.1) is 0 Å². The third-order valence-corrected chi connectivity index (χ3v) is 5.65. The minimum absolute atomic E-state index is 0. The summed E-state index contributed by atoms with van der Waals surface area (Å²) in [6.45, 7) is 43.3. The smallest absolute Gasteiger partial charge is 0.00686 e. The van der Waals surface area contributed by atoms with Gasteiger partial charge < -0.3 is 34.4 Å². The molecule has 45 heavy (non-hydrogen) atoms. The third kappa shape index (κ3) is 124. The summed E-state index contributed by atoms with van der Waals surface area (Å²) in [6.07, 6.45) is 12.4. The van der Waals surface area contributed by atoms with Crippen LogP contribution in [0.5, 0.6) is 0 Å². The molecule has 6 nitrogen and oxygen atoms in total. The molecule has 0 aromatic rings. The standard InChI is InChI=1S/C9H21N.C8H19N.C7H17N.C6H15N.C5H13N.C4H11N/c1-9(2,3)7-5-4-6-8-10;1-8(2,3)6-4-5-7-9;1-7(2,3)5-4-6-8;1-6(2,3)4-5-7;1-5(2,3)4-6;1-4(2,3)5/h4-8,10H2,1-3H3;4-7,9H2,1-3H3;4-6,8H2,1-3H3;4-5,7H2,1-3H3;4,6H2,1-3H3;5H2,1-3H3. The Labute approximate surface area is 288 Å². The van der Waals surface area contributed by atoms with Crippen molar-refractivity contribution in [3.63, 3.8) is 0 Å². The highest BCUT2D eigenvalue weighted by atomic mass is 14.7. The Morgan fingerprint density at radius 1 is 0.289 bits per heavy atom. The SMILES string of the molecule is CC(C)(C)CCCCCN.CC(C)(C)CCCCN.CC(C)(C)CCCN.CC(C)(C)CCN.CC(C)(C)CN.CC(C)(C)N. The van der Waals surface area contributed by atoms with E-state index in [0.717, 1.165) is 45.6 Å². The predicted molar refractivity (Wildman–Crippen MR) is 213 cm³/mol. The fourth-order valence-electron chi connectivity index (χ4n) is 2.84. The Morgan fingerprint density at radius 2 is 0.511 bits per heavy atom. The van der Waals surface area contributed by atoms with Gasteiger partial charge in [-0.15, -0.1) is 0 Å². The molecule has 0 aromatic heterocycles. The Hall–Kier alpha value is -0.240. The molecule has 0 unspecified atom stereocenters. The summed E-state index contributed by atoms with van der Waals surface area (Å²) < 4.78 is 0. The molecule has 0 atom stereocenters. The maximum absolute atomic E-state index is 5.38. The van der Waals surface area contributed by atoms with Crippen molar-refractivity contribution < 1.29 is 0 Å². The molecule has 282 valence electrons. The van der Waals surface area contributed by atoms with Crippen LogP contribution in [0.2, 0.25) is 0 Å². The monoisotopic (exact) mass is 649 g/mol. The second-order valence-corrected chi connectivity index (χ2v) is 19.6. The van der Waals surface area contributed by atoms with Crippen LogP contribution in [0.25, 0.3) is 0 Å². The average Bonchev–Trinajstić information content (AvgIpc) is 2.78. The molecule has 0 fully saturated rings. The van der Waals surface area contributed by atoms with E-state index >= 15 is 0 Å². The highest BCUT2D eigenvalue weighted by Gasteiger charge is 2.09. The van der Waals surface area contributed by atoms with Crippen molar-refractivity contribution in [2.75, 3.05) is 32.7 Å². The van der Waals surface area contributed by atoms with Gasteiger partial charge in [0.1, 0.15) is 0 Å². The van der Waals surface area contributed by atoms with Crippen LogP contribution in [0.1, 0.15) is 189 Å². The van der Waals surface area contributed by atoms with E-state index in [1.165, 1.54) is 51.4 Å². The van der Waals surface area contributed by atoms with Gasteiger partial charge in [0.2, 0.25) is 0 Å². The summed E-state index contributed by atoms with van der Waals surface area (Å²) in [5.41, 5.74) is 34.3. The molecule has 12 N–H and O–H groups in total. The fraction of sp³-hybridized carbons (Fsp3) is 1.00. The van der Waals surface area contributed by atoms with Crippen molar-refractivity contribution in [2.24, 2.45) is 61.5 Å². The topological polar surface area (TPSA) is 156 Å².